The minimum Gasteiger partial charge on any atom is -0.286 e. The van der Waals surface area contributed by atoms with Gasteiger partial charge in [0.15, 0.2) is 0 Å². The minimum absolute atomic E-state index is 0.215. The summed E-state index contributed by atoms with van der Waals surface area (Å²) in [7, 11) is 0. The molecule has 0 atom stereocenters. The average Bonchev–Trinajstić information content (AvgIpc) is 2.66. The summed E-state index contributed by atoms with van der Waals surface area (Å²) in [5.41, 5.74) is 0.676. The van der Waals surface area contributed by atoms with Gasteiger partial charge in [0.25, 0.3) is 0 Å². The van der Waals surface area contributed by atoms with Crippen molar-refractivity contribution in [2.24, 2.45) is 0 Å². The van der Waals surface area contributed by atoms with E-state index in [1.165, 1.54) is 10.7 Å². The maximum atomic E-state index is 11.7. The van der Waals surface area contributed by atoms with Crippen molar-refractivity contribution in [3.05, 3.63) is 39.4 Å². The first-order valence-corrected chi connectivity index (χ1v) is 5.27. The second-order valence-corrected chi connectivity index (χ2v) is 4.13. The summed E-state index contributed by atoms with van der Waals surface area (Å²) in [6, 6.07) is 3.15. The second-order valence-electron chi connectivity index (χ2n) is 3.73. The Morgan fingerprint density at radius 2 is 2.25 bits per heavy atom. The van der Waals surface area contributed by atoms with Crippen molar-refractivity contribution in [2.45, 2.75) is 19.8 Å². The third-order valence-electron chi connectivity index (χ3n) is 2.21. The molecule has 0 saturated heterocycles. The molecule has 0 aromatic carbocycles. The third-order valence-corrected chi connectivity index (χ3v) is 2.40. The van der Waals surface area contributed by atoms with Crippen LogP contribution in [0.2, 0.25) is 5.15 Å². The fraction of sp³-hybridized carbons (Fsp3) is 0.300. The Morgan fingerprint density at radius 1 is 1.50 bits per heavy atom. The molecule has 0 unspecified atom stereocenters. The molecule has 2 aromatic rings. The number of nitrogens with zero attached hydrogens (tertiary/aromatic N) is 3. The first-order valence-electron chi connectivity index (χ1n) is 4.89. The number of hydrogen-bond acceptors (Lipinski definition) is 3. The lowest BCUT2D eigenvalue weighted by Gasteiger charge is -2.07. The van der Waals surface area contributed by atoms with E-state index < -0.39 is 0 Å². The third kappa shape index (κ3) is 1.86. The van der Waals surface area contributed by atoms with Gasteiger partial charge >= 0.3 is 0 Å². The van der Waals surface area contributed by atoms with E-state index in [0.717, 1.165) is 5.69 Å². The van der Waals surface area contributed by atoms with Crippen molar-refractivity contribution in [1.82, 2.24) is 20.0 Å². The van der Waals surface area contributed by atoms with E-state index in [9.17, 15) is 4.79 Å². The molecule has 1 N–H and O–H groups in total. The zero-order valence-electron chi connectivity index (χ0n) is 8.94. The summed E-state index contributed by atoms with van der Waals surface area (Å²) in [4.78, 5) is 11.7. The number of aromatic amines is 1. The van der Waals surface area contributed by atoms with Gasteiger partial charge in [0.2, 0.25) is 11.2 Å². The van der Waals surface area contributed by atoms with Gasteiger partial charge in [0, 0.05) is 18.0 Å². The first-order chi connectivity index (χ1) is 7.59. The molecule has 0 aliphatic heterocycles. The summed E-state index contributed by atoms with van der Waals surface area (Å²) in [5, 5.41) is 10.7. The van der Waals surface area contributed by atoms with Crippen LogP contribution >= 0.6 is 11.6 Å². The quantitative estimate of drug-likeness (QED) is 0.867. The summed E-state index contributed by atoms with van der Waals surface area (Å²) in [6.07, 6.45) is 1.64. The van der Waals surface area contributed by atoms with Crippen LogP contribution in [0.1, 0.15) is 25.5 Å². The molecule has 0 amide bonds. The van der Waals surface area contributed by atoms with E-state index in [0.29, 0.717) is 0 Å². The molecule has 0 fully saturated rings. The Balaban J connectivity index is 2.59. The Bertz CT molecular complexity index is 558. The molecule has 16 heavy (non-hydrogen) atoms. The van der Waals surface area contributed by atoms with Gasteiger partial charge in [0.05, 0.1) is 0 Å². The normalized spacial score (nSPS) is 11.0. The van der Waals surface area contributed by atoms with Crippen molar-refractivity contribution in [3.8, 4) is 5.82 Å². The van der Waals surface area contributed by atoms with Gasteiger partial charge in [0.1, 0.15) is 5.15 Å². The summed E-state index contributed by atoms with van der Waals surface area (Å²) in [6.45, 7) is 4.05. The number of aromatic nitrogens is 4. The van der Waals surface area contributed by atoms with E-state index in [2.05, 4.69) is 15.3 Å². The lowest BCUT2D eigenvalue weighted by Crippen LogP contribution is -2.17. The highest BCUT2D eigenvalue weighted by molar-refractivity contribution is 6.29. The molecule has 0 saturated carbocycles. The topological polar surface area (TPSA) is 63.6 Å². The maximum Gasteiger partial charge on any atom is 0.227 e. The molecule has 84 valence electrons. The summed E-state index contributed by atoms with van der Waals surface area (Å²) < 4.78 is 1.53. The van der Waals surface area contributed by atoms with Crippen molar-refractivity contribution in [3.63, 3.8) is 0 Å². The van der Waals surface area contributed by atoms with Crippen LogP contribution in [-0.4, -0.2) is 20.0 Å². The maximum absolute atomic E-state index is 11.7. The smallest absolute Gasteiger partial charge is 0.227 e. The number of halogens is 1. The highest BCUT2D eigenvalue weighted by atomic mass is 35.5. The minimum atomic E-state index is -0.255. The van der Waals surface area contributed by atoms with Crippen molar-refractivity contribution < 1.29 is 0 Å². The molecule has 2 aromatic heterocycles. The highest BCUT2D eigenvalue weighted by Crippen LogP contribution is 2.15. The van der Waals surface area contributed by atoms with Gasteiger partial charge in [-0.1, -0.05) is 25.4 Å². The Kier molecular flexibility index (Phi) is 2.78. The van der Waals surface area contributed by atoms with Crippen LogP contribution in [-0.2, 0) is 0 Å². The van der Waals surface area contributed by atoms with E-state index in [-0.39, 0.29) is 22.3 Å². The molecule has 2 heterocycles. The SMILES string of the molecule is CC(C)c1ccnn1-c1n[nH]c(Cl)cc1=O. The zero-order chi connectivity index (χ0) is 11.7. The van der Waals surface area contributed by atoms with Gasteiger partial charge in [-0.25, -0.2) is 4.68 Å². The molecule has 6 heteroatoms. The van der Waals surface area contributed by atoms with Crippen LogP contribution in [0.15, 0.2) is 23.1 Å². The molecule has 0 aliphatic carbocycles. The largest absolute Gasteiger partial charge is 0.286 e. The Labute approximate surface area is 97.1 Å². The van der Waals surface area contributed by atoms with E-state index in [4.69, 9.17) is 11.6 Å². The van der Waals surface area contributed by atoms with Crippen molar-refractivity contribution in [1.29, 1.82) is 0 Å². The fourth-order valence-corrected chi connectivity index (χ4v) is 1.59. The summed E-state index contributed by atoms with van der Waals surface area (Å²) in [5.74, 6) is 0.498. The van der Waals surface area contributed by atoms with Crippen LogP contribution in [0.3, 0.4) is 0 Å². The number of hydrogen-bond donors (Lipinski definition) is 1. The molecule has 2 rings (SSSR count). The standard InChI is InChI=1S/C10H11ClN4O/c1-6(2)7-3-4-12-15(7)10-8(16)5-9(11)13-14-10/h3-6H,1-2H3,(H,13,16). The van der Waals surface area contributed by atoms with Gasteiger partial charge in [-0.3, -0.25) is 9.89 Å². The molecule has 0 aliphatic rings. The van der Waals surface area contributed by atoms with Gasteiger partial charge in [-0.2, -0.15) is 10.2 Å². The number of nitrogens with one attached hydrogen (secondary N) is 1. The van der Waals surface area contributed by atoms with Crippen LogP contribution in [0.5, 0.6) is 0 Å². The zero-order valence-corrected chi connectivity index (χ0v) is 9.69. The molecule has 0 bridgehead atoms. The second kappa shape index (κ2) is 4.09. The van der Waals surface area contributed by atoms with Crippen molar-refractivity contribution >= 4 is 11.6 Å². The number of H-pyrrole nitrogens is 1. The van der Waals surface area contributed by atoms with Crippen molar-refractivity contribution in [2.75, 3.05) is 0 Å². The first kappa shape index (κ1) is 10.9. The number of rotatable bonds is 2. The highest BCUT2D eigenvalue weighted by Gasteiger charge is 2.12. The molecule has 5 nitrogen and oxygen atoms in total. The lowest BCUT2D eigenvalue weighted by molar-refractivity contribution is 0.706. The predicted molar refractivity (Wildman–Crippen MR) is 61.1 cm³/mol. The molecule has 0 spiro atoms. The lowest BCUT2D eigenvalue weighted by atomic mass is 10.1. The van der Waals surface area contributed by atoms with E-state index in [1.807, 2.05) is 19.9 Å². The Morgan fingerprint density at radius 3 is 2.88 bits per heavy atom. The molecular formula is C10H11ClN4O. The van der Waals surface area contributed by atoms with Gasteiger partial charge in [-0.15, -0.1) is 0 Å². The van der Waals surface area contributed by atoms with Crippen LogP contribution in [0, 0.1) is 0 Å². The van der Waals surface area contributed by atoms with Gasteiger partial charge in [-0.05, 0) is 12.0 Å². The van der Waals surface area contributed by atoms with Crippen LogP contribution < -0.4 is 5.43 Å². The summed E-state index contributed by atoms with van der Waals surface area (Å²) >= 11 is 5.63. The van der Waals surface area contributed by atoms with E-state index >= 15 is 0 Å². The predicted octanol–water partition coefficient (Wildman–Crippen LogP) is 1.73. The molecular weight excluding hydrogens is 228 g/mol. The average molecular weight is 239 g/mol. The van der Waals surface area contributed by atoms with Crippen LogP contribution in [0.4, 0.5) is 0 Å². The Hall–Kier alpha value is -1.62. The fourth-order valence-electron chi connectivity index (χ4n) is 1.45. The van der Waals surface area contributed by atoms with Gasteiger partial charge < -0.3 is 0 Å². The monoisotopic (exact) mass is 238 g/mol. The van der Waals surface area contributed by atoms with Crippen LogP contribution in [0.25, 0.3) is 5.82 Å². The molecule has 0 radical (unpaired) electrons. The van der Waals surface area contributed by atoms with E-state index in [1.54, 1.807) is 6.20 Å².